The van der Waals surface area contributed by atoms with Gasteiger partial charge in [0.15, 0.2) is 11.6 Å². The Hall–Kier alpha value is -3.27. The molecular weight excluding hydrogens is 509 g/mol. The van der Waals surface area contributed by atoms with Crippen LogP contribution in [0.25, 0.3) is 0 Å². The molecule has 1 fully saturated rings. The maximum atomic E-state index is 13.9. The SMILES string of the molecule is CC.CC.Cc1ccc(OC(=O)c2ccc(CC(C)(C)C(=O)NC3(C)CCC3)s2)c(F)c1.N=CN.O=CO. The van der Waals surface area contributed by atoms with Gasteiger partial charge in [0, 0.05) is 15.8 Å². The Balaban J connectivity index is 0. The number of carboxylic acid groups (broad SMARTS) is 1. The van der Waals surface area contributed by atoms with E-state index >= 15 is 0 Å². The molecule has 0 spiro atoms. The lowest BCUT2D eigenvalue weighted by molar-refractivity contribution is -0.132. The maximum Gasteiger partial charge on any atom is 0.353 e. The van der Waals surface area contributed by atoms with Gasteiger partial charge in [-0.3, -0.25) is 15.0 Å². The van der Waals surface area contributed by atoms with Gasteiger partial charge in [0.2, 0.25) is 5.91 Å². The molecule has 1 aromatic carbocycles. The average Bonchev–Trinajstić information content (AvgIpc) is 3.31. The molecule has 1 heterocycles. The molecule has 1 saturated carbocycles. The molecule has 214 valence electrons. The van der Waals surface area contributed by atoms with Crippen molar-refractivity contribution >= 4 is 36.0 Å². The number of benzene rings is 1. The number of esters is 1. The normalized spacial score (nSPS) is 12.4. The molecule has 0 atom stereocenters. The second-order valence-corrected chi connectivity index (χ2v) is 9.96. The van der Waals surface area contributed by atoms with E-state index in [0.717, 1.165) is 36.0 Å². The molecule has 2 aromatic rings. The van der Waals surface area contributed by atoms with Crippen molar-refractivity contribution in [1.29, 1.82) is 5.41 Å². The number of aryl methyl sites for hydroxylation is 1. The Labute approximate surface area is 230 Å². The van der Waals surface area contributed by atoms with Crippen LogP contribution >= 0.6 is 11.3 Å². The molecule has 5 N–H and O–H groups in total. The first-order chi connectivity index (χ1) is 17.9. The summed E-state index contributed by atoms with van der Waals surface area (Å²) in [5.41, 5.74) is 4.47. The number of rotatable bonds is 6. The van der Waals surface area contributed by atoms with Crippen molar-refractivity contribution in [2.24, 2.45) is 11.1 Å². The maximum absolute atomic E-state index is 13.9. The number of thiophene rings is 1. The van der Waals surface area contributed by atoms with E-state index in [1.807, 2.05) is 47.6 Å². The molecule has 1 amide bonds. The Morgan fingerprint density at radius 2 is 1.74 bits per heavy atom. The van der Waals surface area contributed by atoms with Gasteiger partial charge in [0.1, 0.15) is 4.88 Å². The fourth-order valence-corrected chi connectivity index (χ4v) is 4.33. The number of hydrogen-bond acceptors (Lipinski definition) is 6. The summed E-state index contributed by atoms with van der Waals surface area (Å²) in [6.07, 6.45) is 4.44. The molecule has 38 heavy (non-hydrogen) atoms. The molecule has 8 nitrogen and oxygen atoms in total. The van der Waals surface area contributed by atoms with E-state index in [2.05, 4.69) is 18.0 Å². The minimum atomic E-state index is -0.594. The van der Waals surface area contributed by atoms with Gasteiger partial charge in [-0.1, -0.05) is 47.6 Å². The standard InChI is InChI=1S/C22H26FNO3S.2C2H6.CH4N2.CH2O2/c1-14-6-8-17(16(23)12-14)27-19(25)18-9-7-15(28-18)13-21(2,3)20(26)24-22(4)10-5-11-22;2*1-2;2*2-1-3/h6-9,12H,5,10-11,13H2,1-4H3,(H,24,26);2*1-2H3;1H,(H3,2,3);1H,(H,2,3). The highest BCUT2D eigenvalue weighted by molar-refractivity contribution is 7.14. The number of hydrogen-bond donors (Lipinski definition) is 4. The summed E-state index contributed by atoms with van der Waals surface area (Å²) in [5.74, 6) is -1.22. The fourth-order valence-electron chi connectivity index (χ4n) is 3.21. The molecule has 1 aliphatic carbocycles. The number of nitrogens with one attached hydrogen (secondary N) is 2. The first kappa shape index (κ1) is 36.9. The lowest BCUT2D eigenvalue weighted by Gasteiger charge is -2.41. The second kappa shape index (κ2) is 18.9. The van der Waals surface area contributed by atoms with Gasteiger partial charge in [0.05, 0.1) is 6.34 Å². The summed E-state index contributed by atoms with van der Waals surface area (Å²) in [6.45, 7) is 15.4. The van der Waals surface area contributed by atoms with Crippen molar-refractivity contribution in [3.8, 4) is 5.75 Å². The van der Waals surface area contributed by atoms with Crippen molar-refractivity contribution < 1.29 is 28.6 Å². The first-order valence-corrected chi connectivity index (χ1v) is 13.4. The molecule has 3 rings (SSSR count). The molecule has 0 saturated heterocycles. The largest absolute Gasteiger partial charge is 0.483 e. The summed E-state index contributed by atoms with van der Waals surface area (Å²) < 4.78 is 19.1. The summed E-state index contributed by atoms with van der Waals surface area (Å²) in [6, 6.07) is 7.95. The van der Waals surface area contributed by atoms with Crippen LogP contribution in [0.2, 0.25) is 0 Å². The number of nitrogens with two attached hydrogens (primary N) is 1. The van der Waals surface area contributed by atoms with Crippen LogP contribution in [0.15, 0.2) is 30.3 Å². The molecule has 0 unspecified atom stereocenters. The van der Waals surface area contributed by atoms with Gasteiger partial charge >= 0.3 is 5.97 Å². The summed E-state index contributed by atoms with van der Waals surface area (Å²) in [4.78, 5) is 34.7. The predicted molar refractivity (Wildman–Crippen MR) is 153 cm³/mol. The van der Waals surface area contributed by atoms with Crippen molar-refractivity contribution in [2.45, 2.75) is 86.6 Å². The van der Waals surface area contributed by atoms with E-state index in [1.165, 1.54) is 23.5 Å². The number of carbonyl (C=O) groups excluding carboxylic acids is 2. The van der Waals surface area contributed by atoms with Crippen LogP contribution in [0.4, 0.5) is 4.39 Å². The Morgan fingerprint density at radius 1 is 1.21 bits per heavy atom. The minimum absolute atomic E-state index is 0.0222. The second-order valence-electron chi connectivity index (χ2n) is 8.79. The van der Waals surface area contributed by atoms with Crippen LogP contribution in [0.5, 0.6) is 5.75 Å². The smallest absolute Gasteiger partial charge is 0.353 e. The highest BCUT2D eigenvalue weighted by atomic mass is 32.1. The highest BCUT2D eigenvalue weighted by Gasteiger charge is 2.38. The Morgan fingerprint density at radius 3 is 2.18 bits per heavy atom. The van der Waals surface area contributed by atoms with Gasteiger partial charge < -0.3 is 20.9 Å². The Bertz CT molecular complexity index is 998. The van der Waals surface area contributed by atoms with Gasteiger partial charge in [-0.15, -0.1) is 11.3 Å². The van der Waals surface area contributed by atoms with Crippen molar-refractivity contribution in [2.75, 3.05) is 0 Å². The monoisotopic (exact) mass is 553 g/mol. The van der Waals surface area contributed by atoms with E-state index in [1.54, 1.807) is 19.1 Å². The average molecular weight is 554 g/mol. The van der Waals surface area contributed by atoms with Crippen molar-refractivity contribution in [3.05, 3.63) is 51.5 Å². The van der Waals surface area contributed by atoms with Gasteiger partial charge in [-0.25, -0.2) is 9.18 Å². The first-order valence-electron chi connectivity index (χ1n) is 12.6. The quantitative estimate of drug-likeness (QED) is 0.108. The molecule has 0 radical (unpaired) electrons. The molecule has 1 aromatic heterocycles. The van der Waals surface area contributed by atoms with Gasteiger partial charge in [0.25, 0.3) is 6.47 Å². The van der Waals surface area contributed by atoms with Crippen LogP contribution in [-0.2, 0) is 16.0 Å². The minimum Gasteiger partial charge on any atom is -0.483 e. The molecule has 1 aliphatic rings. The molecule has 0 aliphatic heterocycles. The zero-order valence-corrected chi connectivity index (χ0v) is 24.6. The van der Waals surface area contributed by atoms with Crippen LogP contribution in [0, 0.1) is 23.6 Å². The number of ether oxygens (including phenoxy) is 1. The summed E-state index contributed by atoms with van der Waals surface area (Å²) in [7, 11) is 0. The molecular formula is C28H44FN3O5S. The number of amides is 1. The number of halogens is 1. The lowest BCUT2D eigenvalue weighted by atomic mass is 9.77. The lowest BCUT2D eigenvalue weighted by Crippen LogP contribution is -2.54. The summed E-state index contributed by atoms with van der Waals surface area (Å²) >= 11 is 1.27. The highest BCUT2D eigenvalue weighted by Crippen LogP contribution is 2.34. The van der Waals surface area contributed by atoms with Crippen LogP contribution in [0.1, 0.15) is 87.8 Å². The van der Waals surface area contributed by atoms with Gasteiger partial charge in [-0.2, -0.15) is 0 Å². The van der Waals surface area contributed by atoms with E-state index in [0.29, 0.717) is 11.3 Å². The topological polar surface area (TPSA) is 143 Å². The van der Waals surface area contributed by atoms with Crippen LogP contribution in [-0.4, -0.2) is 35.3 Å². The van der Waals surface area contributed by atoms with E-state index in [-0.39, 0.29) is 23.7 Å². The third-order valence-electron chi connectivity index (χ3n) is 5.26. The fraction of sp³-hybridized carbons (Fsp3) is 0.500. The van der Waals surface area contributed by atoms with Crippen molar-refractivity contribution in [3.63, 3.8) is 0 Å². The van der Waals surface area contributed by atoms with E-state index in [4.69, 9.17) is 20.0 Å². The summed E-state index contributed by atoms with van der Waals surface area (Å²) in [5, 5.41) is 15.9. The third kappa shape index (κ3) is 12.8. The third-order valence-corrected chi connectivity index (χ3v) is 6.32. The number of carbonyl (C=O) groups is 3. The zero-order chi connectivity index (χ0) is 29.9. The van der Waals surface area contributed by atoms with Crippen LogP contribution in [0.3, 0.4) is 0 Å². The molecule has 0 bridgehead atoms. The van der Waals surface area contributed by atoms with Gasteiger partial charge in [-0.05, 0) is 69.4 Å². The van der Waals surface area contributed by atoms with E-state index in [9.17, 15) is 14.0 Å². The van der Waals surface area contributed by atoms with Crippen LogP contribution < -0.4 is 15.8 Å². The van der Waals surface area contributed by atoms with Crippen molar-refractivity contribution in [1.82, 2.24) is 5.32 Å². The molecule has 10 heteroatoms. The Kier molecular flexibility index (Phi) is 18.3. The zero-order valence-electron chi connectivity index (χ0n) is 23.8. The predicted octanol–water partition coefficient (Wildman–Crippen LogP) is 6.35. The van der Waals surface area contributed by atoms with E-state index < -0.39 is 17.2 Å².